The van der Waals surface area contributed by atoms with Crippen molar-refractivity contribution in [1.82, 2.24) is 9.97 Å². The molecule has 1 fully saturated rings. The number of halogens is 1. The van der Waals surface area contributed by atoms with Crippen LogP contribution >= 0.6 is 15.9 Å². The zero-order chi connectivity index (χ0) is 13.4. The summed E-state index contributed by atoms with van der Waals surface area (Å²) >= 11 is 3.52. The number of fused-ring (bicyclic) bond motifs is 1. The van der Waals surface area contributed by atoms with Gasteiger partial charge in [-0.05, 0) is 47.8 Å². The first-order valence-corrected chi connectivity index (χ1v) is 7.24. The third-order valence-corrected chi connectivity index (χ3v) is 4.12. The van der Waals surface area contributed by atoms with E-state index in [2.05, 4.69) is 31.2 Å². The zero-order valence-electron chi connectivity index (χ0n) is 10.6. The molecule has 1 heterocycles. The summed E-state index contributed by atoms with van der Waals surface area (Å²) in [7, 11) is 0. The molecule has 102 valence electrons. The molecule has 0 radical (unpaired) electrons. The molecule has 1 aromatic carbocycles. The number of aromatic amines is 2. The van der Waals surface area contributed by atoms with E-state index >= 15 is 0 Å². The Labute approximate surface area is 118 Å². The maximum Gasteiger partial charge on any atom is 0.323 e. The van der Waals surface area contributed by atoms with Crippen molar-refractivity contribution >= 4 is 32.7 Å². The van der Waals surface area contributed by atoms with Crippen molar-refractivity contribution in [2.24, 2.45) is 0 Å². The van der Waals surface area contributed by atoms with E-state index in [1.165, 1.54) is 0 Å². The number of benzene rings is 1. The summed E-state index contributed by atoms with van der Waals surface area (Å²) < 4.78 is 6.50. The van der Waals surface area contributed by atoms with Gasteiger partial charge in [0.2, 0.25) is 0 Å². The SMILES string of the molecule is CCOC1CC(Nc2cc3[nH]c(=O)[nH]c3cc2Br)C1. The van der Waals surface area contributed by atoms with Crippen molar-refractivity contribution in [2.75, 3.05) is 11.9 Å². The van der Waals surface area contributed by atoms with Crippen LogP contribution in [0.3, 0.4) is 0 Å². The first-order valence-electron chi connectivity index (χ1n) is 6.45. The zero-order valence-corrected chi connectivity index (χ0v) is 12.2. The molecular formula is C13H16BrN3O2. The van der Waals surface area contributed by atoms with Crippen LogP contribution in [0.5, 0.6) is 0 Å². The third kappa shape index (κ3) is 2.55. The first kappa shape index (κ1) is 12.7. The van der Waals surface area contributed by atoms with Crippen molar-refractivity contribution in [3.05, 3.63) is 27.1 Å². The van der Waals surface area contributed by atoms with Crippen LogP contribution in [0.4, 0.5) is 5.69 Å². The molecule has 1 aliphatic carbocycles. The lowest BCUT2D eigenvalue weighted by Gasteiger charge is -2.36. The molecule has 0 atom stereocenters. The largest absolute Gasteiger partial charge is 0.381 e. The maximum atomic E-state index is 11.3. The van der Waals surface area contributed by atoms with E-state index in [0.29, 0.717) is 12.1 Å². The molecule has 0 amide bonds. The van der Waals surface area contributed by atoms with Crippen molar-refractivity contribution < 1.29 is 4.74 Å². The lowest BCUT2D eigenvalue weighted by molar-refractivity contribution is 0.00298. The van der Waals surface area contributed by atoms with Crippen LogP contribution in [0, 0.1) is 0 Å². The topological polar surface area (TPSA) is 69.9 Å². The number of anilines is 1. The summed E-state index contributed by atoms with van der Waals surface area (Å²) in [4.78, 5) is 16.8. The van der Waals surface area contributed by atoms with Gasteiger partial charge >= 0.3 is 5.69 Å². The van der Waals surface area contributed by atoms with Crippen molar-refractivity contribution in [1.29, 1.82) is 0 Å². The van der Waals surface area contributed by atoms with E-state index < -0.39 is 0 Å². The summed E-state index contributed by atoms with van der Waals surface area (Å²) in [6.45, 7) is 2.80. The minimum atomic E-state index is -0.181. The Morgan fingerprint density at radius 1 is 1.37 bits per heavy atom. The Hall–Kier alpha value is -1.27. The van der Waals surface area contributed by atoms with Gasteiger partial charge in [0.15, 0.2) is 0 Å². The van der Waals surface area contributed by atoms with Crippen molar-refractivity contribution in [3.8, 4) is 0 Å². The summed E-state index contributed by atoms with van der Waals surface area (Å²) in [6, 6.07) is 4.30. The fourth-order valence-electron chi connectivity index (χ4n) is 2.44. The van der Waals surface area contributed by atoms with Gasteiger partial charge in [-0.3, -0.25) is 0 Å². The molecular weight excluding hydrogens is 310 g/mol. The summed E-state index contributed by atoms with van der Waals surface area (Å²) in [5.41, 5.74) is 2.45. The van der Waals surface area contributed by atoms with Crippen LogP contribution in [0.2, 0.25) is 0 Å². The highest BCUT2D eigenvalue weighted by Crippen LogP contribution is 2.32. The fraction of sp³-hybridized carbons (Fsp3) is 0.462. The Morgan fingerprint density at radius 2 is 2.05 bits per heavy atom. The molecule has 1 saturated carbocycles. The molecule has 3 rings (SSSR count). The number of nitrogens with one attached hydrogen (secondary N) is 3. The molecule has 0 spiro atoms. The monoisotopic (exact) mass is 325 g/mol. The van der Waals surface area contributed by atoms with Gasteiger partial charge < -0.3 is 20.0 Å². The summed E-state index contributed by atoms with van der Waals surface area (Å²) in [6.07, 6.45) is 2.45. The van der Waals surface area contributed by atoms with Gasteiger partial charge in [0.05, 0.1) is 22.8 Å². The molecule has 0 aliphatic heterocycles. The number of ether oxygens (including phenoxy) is 1. The normalized spacial score (nSPS) is 22.4. The predicted octanol–water partition coefficient (Wildman–Crippen LogP) is 2.60. The molecule has 5 nitrogen and oxygen atoms in total. The molecule has 2 aromatic rings. The molecule has 1 aliphatic rings. The molecule has 0 saturated heterocycles. The van der Waals surface area contributed by atoms with Crippen LogP contribution in [-0.2, 0) is 4.74 Å². The second-order valence-corrected chi connectivity index (χ2v) is 5.70. The van der Waals surface area contributed by atoms with Gasteiger partial charge in [0.25, 0.3) is 0 Å². The Balaban J connectivity index is 1.74. The average Bonchev–Trinajstić information content (AvgIpc) is 2.66. The van der Waals surface area contributed by atoms with Crippen LogP contribution in [0.25, 0.3) is 11.0 Å². The third-order valence-electron chi connectivity index (χ3n) is 3.46. The first-order chi connectivity index (χ1) is 9.15. The quantitative estimate of drug-likeness (QED) is 0.809. The molecule has 1 aromatic heterocycles. The number of H-pyrrole nitrogens is 2. The standard InChI is InChI=1S/C13H16BrN3O2/c1-2-19-8-3-7(4-8)15-10-6-12-11(5-9(10)14)16-13(18)17-12/h5-8,15H,2-4H2,1H3,(H2,16,17,18). The molecule has 3 N–H and O–H groups in total. The molecule has 6 heteroatoms. The van der Waals surface area contributed by atoms with E-state index in [9.17, 15) is 4.79 Å². The van der Waals surface area contributed by atoms with Crippen LogP contribution in [-0.4, -0.2) is 28.7 Å². The lowest BCUT2D eigenvalue weighted by atomic mass is 9.89. The second kappa shape index (κ2) is 5.02. The van der Waals surface area contributed by atoms with Crippen LogP contribution < -0.4 is 11.0 Å². The Morgan fingerprint density at radius 3 is 2.74 bits per heavy atom. The highest BCUT2D eigenvalue weighted by molar-refractivity contribution is 9.10. The van der Waals surface area contributed by atoms with Crippen LogP contribution in [0.15, 0.2) is 21.4 Å². The molecule has 0 bridgehead atoms. The molecule has 19 heavy (non-hydrogen) atoms. The lowest BCUT2D eigenvalue weighted by Crippen LogP contribution is -2.40. The van der Waals surface area contributed by atoms with Gasteiger partial charge in [-0.15, -0.1) is 0 Å². The van der Waals surface area contributed by atoms with Crippen molar-refractivity contribution in [2.45, 2.75) is 31.9 Å². The summed E-state index contributed by atoms with van der Waals surface area (Å²) in [5, 5.41) is 3.47. The number of imidazole rings is 1. The van der Waals surface area contributed by atoms with E-state index in [1.807, 2.05) is 19.1 Å². The number of aromatic nitrogens is 2. The van der Waals surface area contributed by atoms with Gasteiger partial charge in [0, 0.05) is 17.1 Å². The Kier molecular flexibility index (Phi) is 3.36. The average molecular weight is 326 g/mol. The van der Waals surface area contributed by atoms with Crippen LogP contribution in [0.1, 0.15) is 19.8 Å². The van der Waals surface area contributed by atoms with E-state index in [4.69, 9.17) is 4.74 Å². The number of hydrogen-bond acceptors (Lipinski definition) is 3. The number of hydrogen-bond donors (Lipinski definition) is 3. The van der Waals surface area contributed by atoms with Gasteiger partial charge in [0.1, 0.15) is 0 Å². The van der Waals surface area contributed by atoms with E-state index in [0.717, 1.165) is 40.6 Å². The van der Waals surface area contributed by atoms with Gasteiger partial charge in [-0.2, -0.15) is 0 Å². The highest BCUT2D eigenvalue weighted by atomic mass is 79.9. The van der Waals surface area contributed by atoms with E-state index in [-0.39, 0.29) is 5.69 Å². The Bertz CT molecular complexity index is 643. The second-order valence-electron chi connectivity index (χ2n) is 4.85. The fourth-order valence-corrected chi connectivity index (χ4v) is 2.90. The van der Waals surface area contributed by atoms with Gasteiger partial charge in [-0.25, -0.2) is 4.79 Å². The maximum absolute atomic E-state index is 11.3. The number of rotatable bonds is 4. The van der Waals surface area contributed by atoms with Crippen molar-refractivity contribution in [3.63, 3.8) is 0 Å². The predicted molar refractivity (Wildman–Crippen MR) is 78.7 cm³/mol. The molecule has 0 unspecified atom stereocenters. The highest BCUT2D eigenvalue weighted by Gasteiger charge is 2.29. The summed E-state index contributed by atoms with van der Waals surface area (Å²) in [5.74, 6) is 0. The minimum Gasteiger partial charge on any atom is -0.381 e. The smallest absolute Gasteiger partial charge is 0.323 e. The van der Waals surface area contributed by atoms with E-state index in [1.54, 1.807) is 0 Å². The van der Waals surface area contributed by atoms with Gasteiger partial charge in [-0.1, -0.05) is 0 Å². The minimum absolute atomic E-state index is 0.181.